The molecule has 0 radical (unpaired) electrons. The van der Waals surface area contributed by atoms with Gasteiger partial charge in [-0.25, -0.2) is 0 Å². The second-order valence-corrected chi connectivity index (χ2v) is 6.23. The first-order chi connectivity index (χ1) is 8.11. The van der Waals surface area contributed by atoms with Crippen LogP contribution < -0.4 is 0 Å². The maximum absolute atomic E-state index is 6.22. The Morgan fingerprint density at radius 1 is 1.18 bits per heavy atom. The van der Waals surface area contributed by atoms with Gasteiger partial charge in [0.15, 0.2) is 6.29 Å². The summed E-state index contributed by atoms with van der Waals surface area (Å²) in [6.45, 7) is 9.08. The second-order valence-electron chi connectivity index (χ2n) is 6.23. The summed E-state index contributed by atoms with van der Waals surface area (Å²) < 4.78 is 12.3. The van der Waals surface area contributed by atoms with E-state index in [0.29, 0.717) is 24.0 Å². The lowest BCUT2D eigenvalue weighted by molar-refractivity contribution is -0.290. The van der Waals surface area contributed by atoms with Crippen molar-refractivity contribution in [1.29, 1.82) is 0 Å². The van der Waals surface area contributed by atoms with Crippen LogP contribution in [0.2, 0.25) is 0 Å². The molecule has 0 aromatic heterocycles. The van der Waals surface area contributed by atoms with Gasteiger partial charge in [0.25, 0.3) is 0 Å². The fourth-order valence-electron chi connectivity index (χ4n) is 3.42. The molecule has 6 atom stereocenters. The Bertz CT molecular complexity index is 241. The molecule has 1 saturated heterocycles. The first-order valence-corrected chi connectivity index (χ1v) is 7.42. The van der Waals surface area contributed by atoms with Gasteiger partial charge in [0.2, 0.25) is 0 Å². The number of rotatable bonds is 3. The van der Waals surface area contributed by atoms with Gasteiger partial charge in [-0.1, -0.05) is 33.6 Å². The molecular formula is C15H28O2. The summed E-state index contributed by atoms with van der Waals surface area (Å²) in [5.74, 6) is 1.99. The average molecular weight is 240 g/mol. The number of ether oxygens (including phenoxy) is 2. The van der Waals surface area contributed by atoms with Crippen LogP contribution in [0.25, 0.3) is 0 Å². The fourth-order valence-corrected chi connectivity index (χ4v) is 3.42. The number of hydrogen-bond acceptors (Lipinski definition) is 2. The topological polar surface area (TPSA) is 18.5 Å². The van der Waals surface area contributed by atoms with Crippen LogP contribution in [-0.4, -0.2) is 18.5 Å². The molecule has 1 aliphatic carbocycles. The van der Waals surface area contributed by atoms with Crippen LogP contribution in [0.5, 0.6) is 0 Å². The molecule has 17 heavy (non-hydrogen) atoms. The van der Waals surface area contributed by atoms with Crippen LogP contribution >= 0.6 is 0 Å². The van der Waals surface area contributed by atoms with E-state index in [4.69, 9.17) is 9.47 Å². The average Bonchev–Trinajstić information content (AvgIpc) is 2.28. The lowest BCUT2D eigenvalue weighted by Gasteiger charge is -2.46. The maximum Gasteiger partial charge on any atom is 0.160 e. The minimum Gasteiger partial charge on any atom is -0.349 e. The lowest BCUT2D eigenvalue weighted by Crippen LogP contribution is -2.49. The minimum absolute atomic E-state index is 0.0384. The van der Waals surface area contributed by atoms with Gasteiger partial charge < -0.3 is 9.47 Å². The third-order valence-corrected chi connectivity index (χ3v) is 4.57. The van der Waals surface area contributed by atoms with Crippen LogP contribution in [0.15, 0.2) is 0 Å². The highest BCUT2D eigenvalue weighted by molar-refractivity contribution is 4.86. The van der Waals surface area contributed by atoms with Gasteiger partial charge in [-0.15, -0.1) is 0 Å². The first-order valence-electron chi connectivity index (χ1n) is 7.42. The summed E-state index contributed by atoms with van der Waals surface area (Å²) in [7, 11) is 0. The van der Waals surface area contributed by atoms with Gasteiger partial charge in [0, 0.05) is 11.8 Å². The summed E-state index contributed by atoms with van der Waals surface area (Å²) in [6, 6.07) is 0. The first kappa shape index (κ1) is 13.4. The van der Waals surface area contributed by atoms with Crippen molar-refractivity contribution < 1.29 is 9.47 Å². The molecule has 0 bridgehead atoms. The van der Waals surface area contributed by atoms with Crippen LogP contribution in [-0.2, 0) is 9.47 Å². The summed E-state index contributed by atoms with van der Waals surface area (Å²) in [5, 5.41) is 0. The zero-order valence-electron chi connectivity index (χ0n) is 11.8. The molecule has 0 amide bonds. The van der Waals surface area contributed by atoms with E-state index in [-0.39, 0.29) is 6.29 Å². The Balaban J connectivity index is 1.96. The standard InChI is InChI=1S/C15H28O2/c1-5-6-11(3)15-16-12(4)13-8-7-10(2)9-14(13)17-15/h10-15H,5-9H2,1-4H3/t10-,11?,12?,13?,14?,15?/m1/s1. The molecule has 0 aromatic carbocycles. The van der Waals surface area contributed by atoms with Crippen molar-refractivity contribution in [3.8, 4) is 0 Å². The summed E-state index contributed by atoms with van der Waals surface area (Å²) >= 11 is 0. The zero-order chi connectivity index (χ0) is 12.4. The number of hydrogen-bond donors (Lipinski definition) is 0. The summed E-state index contributed by atoms with van der Waals surface area (Å²) in [6.07, 6.45) is 7.13. The molecular weight excluding hydrogens is 212 g/mol. The second kappa shape index (κ2) is 5.71. The third-order valence-electron chi connectivity index (χ3n) is 4.57. The van der Waals surface area contributed by atoms with E-state index >= 15 is 0 Å². The van der Waals surface area contributed by atoms with Gasteiger partial charge in [-0.05, 0) is 32.1 Å². The number of fused-ring (bicyclic) bond motifs is 1. The molecule has 0 spiro atoms. The van der Waals surface area contributed by atoms with E-state index in [2.05, 4.69) is 27.7 Å². The highest BCUT2D eigenvalue weighted by Crippen LogP contribution is 2.39. The van der Waals surface area contributed by atoms with Crippen molar-refractivity contribution in [2.24, 2.45) is 17.8 Å². The maximum atomic E-state index is 6.22. The highest BCUT2D eigenvalue weighted by Gasteiger charge is 2.41. The van der Waals surface area contributed by atoms with Crippen molar-refractivity contribution >= 4 is 0 Å². The Kier molecular flexibility index (Phi) is 4.48. The predicted octanol–water partition coefficient (Wildman–Crippen LogP) is 3.99. The SMILES string of the molecule is CCCC(C)C1OC(C)C2CC[C@@H](C)CC2O1. The van der Waals surface area contributed by atoms with Crippen LogP contribution in [0.1, 0.15) is 59.8 Å². The van der Waals surface area contributed by atoms with Crippen molar-refractivity contribution in [3.63, 3.8) is 0 Å². The van der Waals surface area contributed by atoms with E-state index in [1.807, 2.05) is 0 Å². The largest absolute Gasteiger partial charge is 0.349 e. The lowest BCUT2D eigenvalue weighted by atomic mass is 9.77. The zero-order valence-corrected chi connectivity index (χ0v) is 11.8. The minimum atomic E-state index is 0.0384. The summed E-state index contributed by atoms with van der Waals surface area (Å²) in [5.41, 5.74) is 0. The molecule has 2 aliphatic rings. The van der Waals surface area contributed by atoms with Gasteiger partial charge in [-0.2, -0.15) is 0 Å². The van der Waals surface area contributed by atoms with Gasteiger partial charge in [0.1, 0.15) is 0 Å². The van der Waals surface area contributed by atoms with Crippen LogP contribution in [0.3, 0.4) is 0 Å². The molecule has 1 aliphatic heterocycles. The quantitative estimate of drug-likeness (QED) is 0.742. The normalized spacial score (nSPS) is 44.1. The van der Waals surface area contributed by atoms with Gasteiger partial charge >= 0.3 is 0 Å². The summed E-state index contributed by atoms with van der Waals surface area (Å²) in [4.78, 5) is 0. The van der Waals surface area contributed by atoms with E-state index in [9.17, 15) is 0 Å². The van der Waals surface area contributed by atoms with E-state index in [0.717, 1.165) is 5.92 Å². The molecule has 2 heteroatoms. The van der Waals surface area contributed by atoms with Crippen molar-refractivity contribution in [2.45, 2.75) is 78.3 Å². The third kappa shape index (κ3) is 3.03. The van der Waals surface area contributed by atoms with Gasteiger partial charge in [-0.3, -0.25) is 0 Å². The van der Waals surface area contributed by atoms with E-state index in [1.165, 1.54) is 32.1 Å². The molecule has 2 fully saturated rings. The van der Waals surface area contributed by atoms with Crippen molar-refractivity contribution in [1.82, 2.24) is 0 Å². The highest BCUT2D eigenvalue weighted by atomic mass is 16.7. The Hall–Kier alpha value is -0.0800. The van der Waals surface area contributed by atoms with E-state index < -0.39 is 0 Å². The molecule has 2 nitrogen and oxygen atoms in total. The van der Waals surface area contributed by atoms with E-state index in [1.54, 1.807) is 0 Å². The Morgan fingerprint density at radius 2 is 1.94 bits per heavy atom. The molecule has 0 aromatic rings. The van der Waals surface area contributed by atoms with Crippen LogP contribution in [0, 0.1) is 17.8 Å². The van der Waals surface area contributed by atoms with Crippen LogP contribution in [0.4, 0.5) is 0 Å². The monoisotopic (exact) mass is 240 g/mol. The molecule has 5 unspecified atom stereocenters. The molecule has 1 heterocycles. The van der Waals surface area contributed by atoms with Crippen molar-refractivity contribution in [3.05, 3.63) is 0 Å². The molecule has 0 N–H and O–H groups in total. The Labute approximate surface area is 106 Å². The van der Waals surface area contributed by atoms with Crippen molar-refractivity contribution in [2.75, 3.05) is 0 Å². The Morgan fingerprint density at radius 3 is 2.65 bits per heavy atom. The molecule has 1 saturated carbocycles. The predicted molar refractivity (Wildman–Crippen MR) is 69.8 cm³/mol. The smallest absolute Gasteiger partial charge is 0.160 e. The fraction of sp³-hybridized carbons (Fsp3) is 1.00. The van der Waals surface area contributed by atoms with Gasteiger partial charge in [0.05, 0.1) is 12.2 Å². The molecule has 100 valence electrons. The molecule has 2 rings (SSSR count).